The summed E-state index contributed by atoms with van der Waals surface area (Å²) in [6.07, 6.45) is 1.99. The molecule has 20 heavy (non-hydrogen) atoms. The molecule has 0 saturated carbocycles. The first kappa shape index (κ1) is 17.4. The number of hydrogen-bond donors (Lipinski definition) is 1. The molecular formula is C15H29N3OS. The average molecular weight is 299 g/mol. The van der Waals surface area contributed by atoms with Crippen molar-refractivity contribution in [1.82, 2.24) is 10.3 Å². The van der Waals surface area contributed by atoms with E-state index in [1.54, 1.807) is 11.3 Å². The van der Waals surface area contributed by atoms with Gasteiger partial charge in [0.1, 0.15) is 0 Å². The minimum absolute atomic E-state index is 0.397. The molecule has 0 saturated heterocycles. The molecule has 0 fully saturated rings. The number of rotatable bonds is 10. The van der Waals surface area contributed by atoms with E-state index in [1.807, 2.05) is 13.1 Å². The number of hydrogen-bond acceptors (Lipinski definition) is 5. The van der Waals surface area contributed by atoms with Crippen molar-refractivity contribution in [2.75, 3.05) is 31.2 Å². The maximum absolute atomic E-state index is 5.54. The SMILES string of the molecule is CCOCC(NCc1cnc(N(CC)CC)s1)C(C)C. The lowest BCUT2D eigenvalue weighted by molar-refractivity contribution is 0.108. The van der Waals surface area contributed by atoms with E-state index in [0.29, 0.717) is 12.0 Å². The Morgan fingerprint density at radius 1 is 1.30 bits per heavy atom. The van der Waals surface area contributed by atoms with Gasteiger partial charge in [-0.05, 0) is 26.7 Å². The van der Waals surface area contributed by atoms with Crippen LogP contribution in [0.4, 0.5) is 5.13 Å². The predicted molar refractivity (Wildman–Crippen MR) is 87.6 cm³/mol. The third kappa shape index (κ3) is 5.38. The van der Waals surface area contributed by atoms with Crippen molar-refractivity contribution < 1.29 is 4.74 Å². The van der Waals surface area contributed by atoms with Crippen LogP contribution in [0.2, 0.25) is 0 Å². The molecule has 4 nitrogen and oxygen atoms in total. The molecular weight excluding hydrogens is 270 g/mol. The Kier molecular flexibility index (Phi) is 8.11. The molecule has 1 heterocycles. The third-order valence-electron chi connectivity index (χ3n) is 3.42. The van der Waals surface area contributed by atoms with Gasteiger partial charge in [-0.1, -0.05) is 13.8 Å². The van der Waals surface area contributed by atoms with Crippen LogP contribution in [0, 0.1) is 5.92 Å². The maximum atomic E-state index is 5.54. The molecule has 0 aliphatic heterocycles. The highest BCUT2D eigenvalue weighted by atomic mass is 32.1. The lowest BCUT2D eigenvalue weighted by atomic mass is 10.1. The van der Waals surface area contributed by atoms with Gasteiger partial charge in [0.15, 0.2) is 5.13 Å². The summed E-state index contributed by atoms with van der Waals surface area (Å²) in [7, 11) is 0. The van der Waals surface area contributed by atoms with Crippen molar-refractivity contribution >= 4 is 16.5 Å². The fraction of sp³-hybridized carbons (Fsp3) is 0.800. The highest BCUT2D eigenvalue weighted by Crippen LogP contribution is 2.22. The molecule has 116 valence electrons. The fourth-order valence-electron chi connectivity index (χ4n) is 1.98. The average Bonchev–Trinajstić information content (AvgIpc) is 2.88. The number of nitrogens with one attached hydrogen (secondary N) is 1. The van der Waals surface area contributed by atoms with Gasteiger partial charge in [-0.2, -0.15) is 0 Å². The predicted octanol–water partition coefficient (Wildman–Crippen LogP) is 3.14. The second kappa shape index (κ2) is 9.32. The summed E-state index contributed by atoms with van der Waals surface area (Å²) in [5.41, 5.74) is 0. The van der Waals surface area contributed by atoms with Crippen molar-refractivity contribution in [1.29, 1.82) is 0 Å². The lowest BCUT2D eigenvalue weighted by Crippen LogP contribution is -2.37. The van der Waals surface area contributed by atoms with Gasteiger partial charge in [0.25, 0.3) is 0 Å². The van der Waals surface area contributed by atoms with Crippen LogP contribution in [-0.4, -0.2) is 37.3 Å². The van der Waals surface area contributed by atoms with Gasteiger partial charge in [0.05, 0.1) is 6.61 Å². The van der Waals surface area contributed by atoms with Crippen LogP contribution in [0.15, 0.2) is 6.20 Å². The van der Waals surface area contributed by atoms with E-state index in [-0.39, 0.29) is 0 Å². The molecule has 1 aromatic rings. The standard InChI is InChI=1S/C15H29N3OS/c1-6-18(7-2)15-17-10-13(20-15)9-16-14(12(4)5)11-19-8-3/h10,12,14,16H,6-9,11H2,1-5H3. The Hall–Kier alpha value is -0.650. The minimum Gasteiger partial charge on any atom is -0.380 e. The molecule has 1 aromatic heterocycles. The van der Waals surface area contributed by atoms with Crippen LogP contribution in [0.3, 0.4) is 0 Å². The highest BCUT2D eigenvalue weighted by molar-refractivity contribution is 7.15. The molecule has 1 N–H and O–H groups in total. The summed E-state index contributed by atoms with van der Waals surface area (Å²) >= 11 is 1.78. The van der Waals surface area contributed by atoms with Gasteiger partial charge in [-0.15, -0.1) is 11.3 Å². The smallest absolute Gasteiger partial charge is 0.185 e. The van der Waals surface area contributed by atoms with E-state index in [4.69, 9.17) is 4.74 Å². The first-order valence-corrected chi connectivity index (χ1v) is 8.44. The van der Waals surface area contributed by atoms with E-state index < -0.39 is 0 Å². The van der Waals surface area contributed by atoms with Crippen LogP contribution < -0.4 is 10.2 Å². The summed E-state index contributed by atoms with van der Waals surface area (Å²) in [6.45, 7) is 15.3. The van der Waals surface area contributed by atoms with Crippen molar-refractivity contribution in [2.24, 2.45) is 5.92 Å². The number of ether oxygens (including phenoxy) is 1. The zero-order valence-corrected chi connectivity index (χ0v) is 14.3. The second-order valence-corrected chi connectivity index (χ2v) is 6.27. The highest BCUT2D eigenvalue weighted by Gasteiger charge is 2.14. The molecule has 1 atom stereocenters. The van der Waals surface area contributed by atoms with Crippen LogP contribution in [-0.2, 0) is 11.3 Å². The first-order chi connectivity index (χ1) is 9.62. The van der Waals surface area contributed by atoms with Gasteiger partial charge in [0, 0.05) is 43.4 Å². The number of thiazole rings is 1. The maximum Gasteiger partial charge on any atom is 0.185 e. The summed E-state index contributed by atoms with van der Waals surface area (Å²) in [5.74, 6) is 0.566. The van der Waals surface area contributed by atoms with Crippen LogP contribution in [0.1, 0.15) is 39.5 Å². The number of nitrogens with zero attached hydrogens (tertiary/aromatic N) is 2. The molecule has 5 heteroatoms. The molecule has 0 aromatic carbocycles. The first-order valence-electron chi connectivity index (χ1n) is 7.63. The summed E-state index contributed by atoms with van der Waals surface area (Å²) in [5, 5.41) is 4.71. The van der Waals surface area contributed by atoms with Crippen LogP contribution in [0.5, 0.6) is 0 Å². The summed E-state index contributed by atoms with van der Waals surface area (Å²) < 4.78 is 5.54. The van der Waals surface area contributed by atoms with Crippen LogP contribution >= 0.6 is 11.3 Å². The van der Waals surface area contributed by atoms with Gasteiger partial charge < -0.3 is 15.0 Å². The second-order valence-electron chi connectivity index (χ2n) is 5.17. The van der Waals surface area contributed by atoms with Gasteiger partial charge >= 0.3 is 0 Å². The zero-order valence-electron chi connectivity index (χ0n) is 13.5. The molecule has 0 bridgehead atoms. The van der Waals surface area contributed by atoms with E-state index in [0.717, 1.165) is 38.0 Å². The topological polar surface area (TPSA) is 37.4 Å². The normalized spacial score (nSPS) is 12.9. The van der Waals surface area contributed by atoms with Crippen molar-refractivity contribution in [2.45, 2.75) is 47.2 Å². The number of anilines is 1. The zero-order chi connectivity index (χ0) is 15.0. The van der Waals surface area contributed by atoms with Crippen molar-refractivity contribution in [3.63, 3.8) is 0 Å². The Bertz CT molecular complexity index is 364. The van der Waals surface area contributed by atoms with Gasteiger partial charge in [-0.3, -0.25) is 0 Å². The Morgan fingerprint density at radius 2 is 2.00 bits per heavy atom. The molecule has 0 aliphatic rings. The Balaban J connectivity index is 2.51. The number of aromatic nitrogens is 1. The monoisotopic (exact) mass is 299 g/mol. The van der Waals surface area contributed by atoms with Gasteiger partial charge in [-0.25, -0.2) is 4.98 Å². The quantitative estimate of drug-likeness (QED) is 0.720. The van der Waals surface area contributed by atoms with E-state index in [9.17, 15) is 0 Å². The van der Waals surface area contributed by atoms with E-state index >= 15 is 0 Å². The molecule has 1 rings (SSSR count). The molecule has 0 radical (unpaired) electrons. The van der Waals surface area contributed by atoms with Crippen molar-refractivity contribution in [3.8, 4) is 0 Å². The van der Waals surface area contributed by atoms with Gasteiger partial charge in [0.2, 0.25) is 0 Å². The molecule has 1 unspecified atom stereocenters. The largest absolute Gasteiger partial charge is 0.380 e. The van der Waals surface area contributed by atoms with E-state index in [2.05, 4.69) is 42.9 Å². The van der Waals surface area contributed by atoms with E-state index in [1.165, 1.54) is 4.88 Å². The molecule has 0 aliphatic carbocycles. The molecule has 0 amide bonds. The third-order valence-corrected chi connectivity index (χ3v) is 4.48. The fourth-order valence-corrected chi connectivity index (χ4v) is 2.97. The molecule has 0 spiro atoms. The van der Waals surface area contributed by atoms with Crippen LogP contribution in [0.25, 0.3) is 0 Å². The Labute approximate surface area is 127 Å². The van der Waals surface area contributed by atoms with Crippen molar-refractivity contribution in [3.05, 3.63) is 11.1 Å². The summed E-state index contributed by atoms with van der Waals surface area (Å²) in [4.78, 5) is 8.09. The lowest BCUT2D eigenvalue weighted by Gasteiger charge is -2.21. The summed E-state index contributed by atoms with van der Waals surface area (Å²) in [6, 6.07) is 0.397. The Morgan fingerprint density at radius 3 is 2.55 bits per heavy atom. The minimum atomic E-state index is 0.397.